The highest BCUT2D eigenvalue weighted by atomic mass is 35.5. The number of hydrogen-bond acceptors (Lipinski definition) is 2. The van der Waals surface area contributed by atoms with Gasteiger partial charge in [0.1, 0.15) is 0 Å². The molecule has 0 aliphatic carbocycles. The van der Waals surface area contributed by atoms with Gasteiger partial charge in [-0.2, -0.15) is 0 Å². The lowest BCUT2D eigenvalue weighted by atomic mass is 10.0. The maximum Gasteiger partial charge on any atom is 0.229 e. The van der Waals surface area contributed by atoms with Crippen LogP contribution in [-0.2, 0) is 9.59 Å². The predicted molar refractivity (Wildman–Crippen MR) is 65.7 cm³/mol. The average molecular weight is 252 g/mol. The van der Waals surface area contributed by atoms with Crippen LogP contribution in [-0.4, -0.2) is 16.7 Å². The van der Waals surface area contributed by atoms with E-state index in [0.717, 1.165) is 11.1 Å². The van der Waals surface area contributed by atoms with Crippen molar-refractivity contribution in [3.63, 3.8) is 0 Å². The van der Waals surface area contributed by atoms with Gasteiger partial charge in [-0.25, -0.2) is 0 Å². The molecule has 1 saturated heterocycles. The third-order valence-corrected chi connectivity index (χ3v) is 3.54. The molecule has 0 saturated carbocycles. The Bertz CT molecular complexity index is 484. The zero-order chi connectivity index (χ0) is 12.6. The van der Waals surface area contributed by atoms with E-state index in [1.165, 1.54) is 11.8 Å². The molecule has 0 radical (unpaired) electrons. The number of imide groups is 1. The van der Waals surface area contributed by atoms with Crippen molar-refractivity contribution >= 4 is 23.4 Å². The van der Waals surface area contributed by atoms with Crippen LogP contribution < -0.4 is 0 Å². The smallest absolute Gasteiger partial charge is 0.229 e. The van der Waals surface area contributed by atoms with Crippen molar-refractivity contribution in [3.8, 4) is 0 Å². The topological polar surface area (TPSA) is 37.4 Å². The molecule has 1 fully saturated rings. The molecule has 0 aromatic heterocycles. The van der Waals surface area contributed by atoms with Gasteiger partial charge in [-0.15, -0.1) is 0 Å². The van der Waals surface area contributed by atoms with E-state index in [1.54, 1.807) is 0 Å². The quantitative estimate of drug-likeness (QED) is 0.770. The summed E-state index contributed by atoms with van der Waals surface area (Å²) in [6.45, 7) is 3.35. The van der Waals surface area contributed by atoms with Crippen LogP contribution in [0, 0.1) is 6.92 Å². The van der Waals surface area contributed by atoms with Crippen LogP contribution in [0.5, 0.6) is 0 Å². The molecular weight excluding hydrogens is 238 g/mol. The highest BCUT2D eigenvalue weighted by molar-refractivity contribution is 6.31. The number of aryl methyl sites for hydroxylation is 1. The minimum atomic E-state index is -0.200. The van der Waals surface area contributed by atoms with E-state index in [9.17, 15) is 9.59 Å². The summed E-state index contributed by atoms with van der Waals surface area (Å²) in [5.74, 6) is -0.298. The number of hydrogen-bond donors (Lipinski definition) is 0. The van der Waals surface area contributed by atoms with Crippen molar-refractivity contribution in [1.82, 2.24) is 4.90 Å². The molecule has 1 aliphatic heterocycles. The number of benzene rings is 1. The molecule has 0 N–H and O–H groups in total. The van der Waals surface area contributed by atoms with E-state index in [1.807, 2.05) is 25.1 Å². The number of likely N-dealkylation sites (tertiary alicyclic amines) is 1. The molecular formula is C13H14ClNO2. The summed E-state index contributed by atoms with van der Waals surface area (Å²) in [5.41, 5.74) is 1.93. The van der Waals surface area contributed by atoms with Gasteiger partial charge in [-0.1, -0.05) is 23.7 Å². The Hall–Kier alpha value is -1.35. The second kappa shape index (κ2) is 4.49. The summed E-state index contributed by atoms with van der Waals surface area (Å²) in [7, 11) is 0. The van der Waals surface area contributed by atoms with Gasteiger partial charge in [0, 0.05) is 18.4 Å². The van der Waals surface area contributed by atoms with Gasteiger partial charge in [0.2, 0.25) is 11.8 Å². The van der Waals surface area contributed by atoms with Crippen molar-refractivity contribution < 1.29 is 9.59 Å². The van der Waals surface area contributed by atoms with E-state index < -0.39 is 0 Å². The molecule has 2 amide bonds. The van der Waals surface area contributed by atoms with E-state index >= 15 is 0 Å². The molecule has 1 aromatic rings. The minimum absolute atomic E-state index is 0.0980. The number of halogens is 1. The van der Waals surface area contributed by atoms with E-state index in [2.05, 4.69) is 0 Å². The number of carbonyl (C=O) groups is 2. The summed E-state index contributed by atoms with van der Waals surface area (Å²) >= 11 is 6.07. The first-order chi connectivity index (χ1) is 8.00. The van der Waals surface area contributed by atoms with E-state index in [4.69, 9.17) is 11.6 Å². The molecule has 3 nitrogen and oxygen atoms in total. The zero-order valence-electron chi connectivity index (χ0n) is 9.87. The summed E-state index contributed by atoms with van der Waals surface area (Å²) < 4.78 is 0. The fourth-order valence-corrected chi connectivity index (χ4v) is 2.40. The lowest BCUT2D eigenvalue weighted by Gasteiger charge is -2.22. The minimum Gasteiger partial charge on any atom is -0.275 e. The molecule has 0 spiro atoms. The fraction of sp³-hybridized carbons (Fsp3) is 0.385. The van der Waals surface area contributed by atoms with Crippen LogP contribution in [0.2, 0.25) is 5.02 Å². The molecule has 1 aliphatic rings. The van der Waals surface area contributed by atoms with Crippen LogP contribution in [0.15, 0.2) is 18.2 Å². The Labute approximate surface area is 105 Å². The maximum absolute atomic E-state index is 11.6. The van der Waals surface area contributed by atoms with Crippen LogP contribution in [0.25, 0.3) is 0 Å². The summed E-state index contributed by atoms with van der Waals surface area (Å²) in [6.07, 6.45) is 1.10. The second-order valence-electron chi connectivity index (χ2n) is 4.35. The Balaban J connectivity index is 2.36. The Morgan fingerprint density at radius 2 is 2.18 bits per heavy atom. The normalized spacial score (nSPS) is 19.8. The van der Waals surface area contributed by atoms with Crippen molar-refractivity contribution in [2.75, 3.05) is 0 Å². The molecule has 17 heavy (non-hydrogen) atoms. The zero-order valence-corrected chi connectivity index (χ0v) is 10.6. The third kappa shape index (κ3) is 2.20. The lowest BCUT2D eigenvalue weighted by molar-refractivity contribution is -0.142. The number of amides is 2. The van der Waals surface area contributed by atoms with Gasteiger partial charge in [0.05, 0.1) is 6.04 Å². The molecule has 90 valence electrons. The van der Waals surface area contributed by atoms with E-state index in [-0.39, 0.29) is 17.9 Å². The van der Waals surface area contributed by atoms with Gasteiger partial charge < -0.3 is 0 Å². The molecule has 1 aromatic carbocycles. The molecule has 1 heterocycles. The van der Waals surface area contributed by atoms with Gasteiger partial charge in [-0.3, -0.25) is 14.5 Å². The van der Waals surface area contributed by atoms with Crippen LogP contribution in [0.3, 0.4) is 0 Å². The van der Waals surface area contributed by atoms with Gasteiger partial charge >= 0.3 is 0 Å². The van der Waals surface area contributed by atoms with E-state index in [0.29, 0.717) is 17.9 Å². The first kappa shape index (κ1) is 12.1. The van der Waals surface area contributed by atoms with Crippen molar-refractivity contribution in [2.24, 2.45) is 0 Å². The third-order valence-electron chi connectivity index (χ3n) is 3.13. The first-order valence-electron chi connectivity index (χ1n) is 5.59. The highest BCUT2D eigenvalue weighted by Crippen LogP contribution is 2.34. The van der Waals surface area contributed by atoms with Crippen molar-refractivity contribution in [1.29, 1.82) is 0 Å². The number of carbonyl (C=O) groups excluding carboxylic acids is 2. The number of nitrogens with zero attached hydrogens (tertiary/aromatic N) is 1. The van der Waals surface area contributed by atoms with Gasteiger partial charge in [0.15, 0.2) is 0 Å². The predicted octanol–water partition coefficient (Wildman–Crippen LogP) is 2.86. The second-order valence-corrected chi connectivity index (χ2v) is 4.75. The van der Waals surface area contributed by atoms with Crippen molar-refractivity contribution in [3.05, 3.63) is 34.3 Å². The maximum atomic E-state index is 11.6. The molecule has 0 bridgehead atoms. The Morgan fingerprint density at radius 1 is 1.47 bits per heavy atom. The Kier molecular flexibility index (Phi) is 3.20. The van der Waals surface area contributed by atoms with Crippen molar-refractivity contribution in [2.45, 2.75) is 32.7 Å². The van der Waals surface area contributed by atoms with Crippen LogP contribution in [0.1, 0.15) is 36.9 Å². The molecule has 4 heteroatoms. The largest absolute Gasteiger partial charge is 0.275 e. The monoisotopic (exact) mass is 251 g/mol. The summed E-state index contributed by atoms with van der Waals surface area (Å²) in [6, 6.07) is 5.54. The number of rotatable bonds is 1. The van der Waals surface area contributed by atoms with Gasteiger partial charge in [0.25, 0.3) is 0 Å². The first-order valence-corrected chi connectivity index (χ1v) is 5.97. The van der Waals surface area contributed by atoms with Crippen LogP contribution >= 0.6 is 11.6 Å². The average Bonchev–Trinajstić information content (AvgIpc) is 2.64. The summed E-state index contributed by atoms with van der Waals surface area (Å²) in [4.78, 5) is 24.4. The highest BCUT2D eigenvalue weighted by Gasteiger charge is 2.34. The molecule has 2 rings (SSSR count). The SMILES string of the molecule is CC(=O)N1C(=O)CCC1c1ccc(C)c(Cl)c1. The van der Waals surface area contributed by atoms with Crippen LogP contribution in [0.4, 0.5) is 0 Å². The lowest BCUT2D eigenvalue weighted by Crippen LogP contribution is -2.32. The Morgan fingerprint density at radius 3 is 2.76 bits per heavy atom. The van der Waals surface area contributed by atoms with Gasteiger partial charge in [-0.05, 0) is 30.5 Å². The molecule has 1 unspecified atom stereocenters. The standard InChI is InChI=1S/C13H14ClNO2/c1-8-3-4-10(7-11(8)14)12-5-6-13(17)15(12)9(2)16/h3-4,7,12H,5-6H2,1-2H3. The fourth-order valence-electron chi connectivity index (χ4n) is 2.21. The molecule has 1 atom stereocenters. The summed E-state index contributed by atoms with van der Waals surface area (Å²) in [5, 5.41) is 0.672.